The van der Waals surface area contributed by atoms with Crippen molar-refractivity contribution >= 4 is 11.7 Å². The summed E-state index contributed by atoms with van der Waals surface area (Å²) in [5.41, 5.74) is 4.64. The van der Waals surface area contributed by atoms with E-state index < -0.39 is 5.97 Å². The van der Waals surface area contributed by atoms with Crippen molar-refractivity contribution in [1.29, 1.82) is 0 Å². The molecular formula is C26H27NO5. The van der Waals surface area contributed by atoms with Gasteiger partial charge in [-0.05, 0) is 41.3 Å². The zero-order valence-electron chi connectivity index (χ0n) is 18.3. The van der Waals surface area contributed by atoms with Crippen molar-refractivity contribution in [3.05, 3.63) is 83.9 Å². The van der Waals surface area contributed by atoms with Gasteiger partial charge in [-0.3, -0.25) is 4.79 Å². The van der Waals surface area contributed by atoms with Crippen molar-refractivity contribution < 1.29 is 24.2 Å². The Labute approximate surface area is 188 Å². The minimum absolute atomic E-state index is 0.0340. The van der Waals surface area contributed by atoms with Crippen LogP contribution in [0.25, 0.3) is 11.1 Å². The van der Waals surface area contributed by atoms with Gasteiger partial charge in [-0.1, -0.05) is 66.7 Å². The number of rotatable bonds is 11. The summed E-state index contributed by atoms with van der Waals surface area (Å²) >= 11 is 0. The summed E-state index contributed by atoms with van der Waals surface area (Å²) in [6.45, 7) is 2.62. The summed E-state index contributed by atoms with van der Waals surface area (Å²) in [6, 6.07) is 23.1. The van der Waals surface area contributed by atoms with E-state index in [2.05, 4.69) is 5.16 Å². The first-order valence-electron chi connectivity index (χ1n) is 10.5. The molecule has 3 rings (SSSR count). The van der Waals surface area contributed by atoms with E-state index >= 15 is 0 Å². The van der Waals surface area contributed by atoms with Crippen LogP contribution < -0.4 is 9.47 Å². The number of ether oxygens (including phenoxy) is 2. The second kappa shape index (κ2) is 11.6. The molecule has 0 saturated carbocycles. The van der Waals surface area contributed by atoms with Gasteiger partial charge in [-0.15, -0.1) is 0 Å². The standard InChI is InChI=1S/C26H27NO5/c1-3-24(21-13-11-20(12-14-21)23-9-4-5-10-25(23)30-2)27-32-16-15-31-22-8-6-7-19(17-22)18-26(28)29/h4-14,17H,3,15-16,18H2,1-2H3,(H,28,29). The highest BCUT2D eigenvalue weighted by Crippen LogP contribution is 2.29. The van der Waals surface area contributed by atoms with Crippen LogP contribution in [0.5, 0.6) is 11.5 Å². The number of carbonyl (C=O) groups is 1. The summed E-state index contributed by atoms with van der Waals surface area (Å²) < 4.78 is 11.1. The maximum atomic E-state index is 10.8. The lowest BCUT2D eigenvalue weighted by molar-refractivity contribution is -0.136. The molecule has 6 nitrogen and oxygen atoms in total. The van der Waals surface area contributed by atoms with Crippen molar-refractivity contribution in [2.75, 3.05) is 20.3 Å². The largest absolute Gasteiger partial charge is 0.496 e. The van der Waals surface area contributed by atoms with Crippen LogP contribution >= 0.6 is 0 Å². The maximum absolute atomic E-state index is 10.8. The van der Waals surface area contributed by atoms with E-state index in [0.717, 1.165) is 34.6 Å². The topological polar surface area (TPSA) is 77.4 Å². The molecule has 0 saturated heterocycles. The Balaban J connectivity index is 1.55. The minimum atomic E-state index is -0.872. The number of carboxylic acid groups (broad SMARTS) is 1. The summed E-state index contributed by atoms with van der Waals surface area (Å²) in [5.74, 6) is 0.572. The first kappa shape index (κ1) is 22.9. The molecule has 0 heterocycles. The van der Waals surface area contributed by atoms with E-state index in [1.807, 2.05) is 55.5 Å². The van der Waals surface area contributed by atoms with E-state index in [1.54, 1.807) is 31.4 Å². The second-order valence-electron chi connectivity index (χ2n) is 7.07. The van der Waals surface area contributed by atoms with E-state index in [4.69, 9.17) is 19.4 Å². The Morgan fingerprint density at radius 2 is 1.75 bits per heavy atom. The highest BCUT2D eigenvalue weighted by atomic mass is 16.6. The van der Waals surface area contributed by atoms with Crippen LogP contribution in [0.4, 0.5) is 0 Å². The Morgan fingerprint density at radius 3 is 2.47 bits per heavy atom. The predicted molar refractivity (Wildman–Crippen MR) is 124 cm³/mol. The molecule has 0 aliphatic heterocycles. The van der Waals surface area contributed by atoms with Gasteiger partial charge in [-0.25, -0.2) is 0 Å². The number of aliphatic carboxylic acids is 1. The molecule has 0 amide bonds. The molecule has 3 aromatic carbocycles. The molecule has 0 spiro atoms. The average Bonchev–Trinajstić information content (AvgIpc) is 2.81. The van der Waals surface area contributed by atoms with E-state index in [0.29, 0.717) is 17.9 Å². The minimum Gasteiger partial charge on any atom is -0.496 e. The van der Waals surface area contributed by atoms with E-state index in [9.17, 15) is 4.79 Å². The van der Waals surface area contributed by atoms with Crippen LogP contribution in [0.15, 0.2) is 78.0 Å². The molecule has 3 aromatic rings. The average molecular weight is 434 g/mol. The van der Waals surface area contributed by atoms with Crippen LogP contribution in [0.2, 0.25) is 0 Å². The number of benzene rings is 3. The molecule has 0 aliphatic carbocycles. The van der Waals surface area contributed by atoms with Crippen molar-refractivity contribution in [1.82, 2.24) is 0 Å². The summed E-state index contributed by atoms with van der Waals surface area (Å²) in [4.78, 5) is 16.3. The Kier molecular flexibility index (Phi) is 8.26. The molecule has 32 heavy (non-hydrogen) atoms. The fourth-order valence-corrected chi connectivity index (χ4v) is 3.29. The fraction of sp³-hybridized carbons (Fsp3) is 0.231. The zero-order chi connectivity index (χ0) is 22.8. The third kappa shape index (κ3) is 6.35. The van der Waals surface area contributed by atoms with Gasteiger partial charge < -0.3 is 19.4 Å². The lowest BCUT2D eigenvalue weighted by Crippen LogP contribution is -2.07. The van der Waals surface area contributed by atoms with Crippen LogP contribution in [-0.4, -0.2) is 37.1 Å². The first-order valence-corrected chi connectivity index (χ1v) is 10.5. The Bertz CT molecular complexity index is 1060. The second-order valence-corrected chi connectivity index (χ2v) is 7.07. The van der Waals surface area contributed by atoms with Gasteiger partial charge in [0.15, 0.2) is 6.61 Å². The molecule has 0 unspecified atom stereocenters. The Hall–Kier alpha value is -3.80. The monoisotopic (exact) mass is 433 g/mol. The van der Waals surface area contributed by atoms with Gasteiger partial charge >= 0.3 is 5.97 Å². The number of para-hydroxylation sites is 1. The van der Waals surface area contributed by atoms with Crippen molar-refractivity contribution in [2.45, 2.75) is 19.8 Å². The van der Waals surface area contributed by atoms with Gasteiger partial charge in [0.1, 0.15) is 18.1 Å². The highest BCUT2D eigenvalue weighted by molar-refractivity contribution is 6.00. The number of hydrogen-bond donors (Lipinski definition) is 1. The van der Waals surface area contributed by atoms with Crippen molar-refractivity contribution in [3.63, 3.8) is 0 Å². The van der Waals surface area contributed by atoms with Crippen LogP contribution in [0.3, 0.4) is 0 Å². The van der Waals surface area contributed by atoms with Gasteiger partial charge in [0.2, 0.25) is 0 Å². The molecule has 0 radical (unpaired) electrons. The molecule has 1 N–H and O–H groups in total. The maximum Gasteiger partial charge on any atom is 0.307 e. The van der Waals surface area contributed by atoms with Crippen molar-refractivity contribution in [3.8, 4) is 22.6 Å². The van der Waals surface area contributed by atoms with Gasteiger partial charge in [0, 0.05) is 5.56 Å². The third-order valence-corrected chi connectivity index (χ3v) is 4.84. The molecule has 0 aromatic heterocycles. The van der Waals surface area contributed by atoms with Crippen LogP contribution in [-0.2, 0) is 16.1 Å². The summed E-state index contributed by atoms with van der Waals surface area (Å²) in [5, 5.41) is 13.2. The van der Waals surface area contributed by atoms with Gasteiger partial charge in [0.05, 0.1) is 19.2 Å². The third-order valence-electron chi connectivity index (χ3n) is 4.84. The molecule has 0 fully saturated rings. The molecule has 0 atom stereocenters. The summed E-state index contributed by atoms with van der Waals surface area (Å²) in [7, 11) is 1.67. The molecule has 0 aliphatic rings. The smallest absolute Gasteiger partial charge is 0.307 e. The number of oxime groups is 1. The number of hydrogen-bond acceptors (Lipinski definition) is 5. The van der Waals surface area contributed by atoms with Crippen LogP contribution in [0, 0.1) is 0 Å². The molecule has 166 valence electrons. The van der Waals surface area contributed by atoms with Crippen LogP contribution in [0.1, 0.15) is 24.5 Å². The SMILES string of the molecule is CCC(=NOCCOc1cccc(CC(=O)O)c1)c1ccc(-c2ccccc2OC)cc1. The van der Waals surface area contributed by atoms with E-state index in [-0.39, 0.29) is 13.0 Å². The normalized spacial score (nSPS) is 11.1. The lowest BCUT2D eigenvalue weighted by atomic mass is 10.0. The first-order chi connectivity index (χ1) is 15.6. The van der Waals surface area contributed by atoms with E-state index in [1.165, 1.54) is 0 Å². The lowest BCUT2D eigenvalue weighted by Gasteiger charge is -2.10. The molecule has 6 heteroatoms. The van der Waals surface area contributed by atoms with Crippen molar-refractivity contribution in [2.24, 2.45) is 5.16 Å². The molecular weight excluding hydrogens is 406 g/mol. The zero-order valence-corrected chi connectivity index (χ0v) is 18.3. The van der Waals surface area contributed by atoms with Gasteiger partial charge in [0.25, 0.3) is 0 Å². The number of methoxy groups -OCH3 is 1. The molecule has 0 bridgehead atoms. The predicted octanol–water partition coefficient (Wildman–Crippen LogP) is 5.20. The Morgan fingerprint density at radius 1 is 0.969 bits per heavy atom. The quantitative estimate of drug-likeness (QED) is 0.256. The fourth-order valence-electron chi connectivity index (χ4n) is 3.29. The number of nitrogens with zero attached hydrogens (tertiary/aromatic N) is 1. The van der Waals surface area contributed by atoms with Gasteiger partial charge in [-0.2, -0.15) is 0 Å². The number of carboxylic acids is 1. The summed E-state index contributed by atoms with van der Waals surface area (Å²) in [6.07, 6.45) is 0.694. The highest BCUT2D eigenvalue weighted by Gasteiger charge is 2.07.